The van der Waals surface area contributed by atoms with E-state index in [1.165, 1.54) is 24.5 Å². The fourth-order valence-corrected chi connectivity index (χ4v) is 5.91. The van der Waals surface area contributed by atoms with Crippen LogP contribution in [0.5, 0.6) is 0 Å². The van der Waals surface area contributed by atoms with E-state index < -0.39 is 29.6 Å². The van der Waals surface area contributed by atoms with E-state index in [9.17, 15) is 18.4 Å². The minimum atomic E-state index is -1.08. The van der Waals surface area contributed by atoms with Crippen molar-refractivity contribution in [3.05, 3.63) is 79.1 Å². The van der Waals surface area contributed by atoms with Crippen molar-refractivity contribution in [1.82, 2.24) is 20.1 Å². The number of thiazole rings is 1. The Morgan fingerprint density at radius 3 is 2.87 bits per heavy atom. The first-order valence-electron chi connectivity index (χ1n) is 11.7. The number of carboxylic acids is 1. The largest absolute Gasteiger partial charge is 0.481 e. The normalized spacial score (nSPS) is 19.0. The van der Waals surface area contributed by atoms with E-state index in [-0.39, 0.29) is 34.5 Å². The van der Waals surface area contributed by atoms with E-state index in [1.54, 1.807) is 16.3 Å². The maximum atomic E-state index is 14.6. The lowest BCUT2D eigenvalue weighted by Crippen LogP contribution is -2.38. The zero-order valence-corrected chi connectivity index (χ0v) is 22.5. The van der Waals surface area contributed by atoms with Gasteiger partial charge in [0.05, 0.1) is 35.8 Å². The van der Waals surface area contributed by atoms with Crippen LogP contribution in [0, 0.1) is 17.6 Å². The third-order valence-corrected chi connectivity index (χ3v) is 8.14. The van der Waals surface area contributed by atoms with Crippen molar-refractivity contribution in [3.63, 3.8) is 0 Å². The molecule has 5 rings (SSSR count). The monoisotopic (exact) mass is 605 g/mol. The number of carboxylic acid groups (broad SMARTS) is 1. The Morgan fingerprint density at radius 1 is 1.34 bits per heavy atom. The Balaban J connectivity index is 1.59. The van der Waals surface area contributed by atoms with Crippen LogP contribution in [-0.2, 0) is 33.7 Å². The minimum Gasteiger partial charge on any atom is -0.481 e. The van der Waals surface area contributed by atoms with Gasteiger partial charge in [0.2, 0.25) is 0 Å². The molecule has 0 amide bonds. The third kappa shape index (κ3) is 4.99. The average molecular weight is 606 g/mol. The maximum absolute atomic E-state index is 14.6. The van der Waals surface area contributed by atoms with Gasteiger partial charge in [0.25, 0.3) is 0 Å². The molecular formula is C25H22BrF2N5O4S. The van der Waals surface area contributed by atoms with Crippen LogP contribution in [-0.4, -0.2) is 44.8 Å². The molecule has 0 bridgehead atoms. The number of methoxy groups -OCH3 is 1. The van der Waals surface area contributed by atoms with Gasteiger partial charge in [-0.05, 0) is 52.4 Å². The number of carbonyl (C=O) groups excluding carboxylic acids is 1. The number of rotatable bonds is 7. The standard InChI is InChI=1S/C25H22BrF2N5O4S/c1-37-25(36)18-21(12-2-5-16-13(10-12)11-33(32-16)8-6-17(34)35)30-23(24-29-7-9-38-24)31-22(18)14-3-4-15(27)20(28)19(14)26/h3-4,7,9,11-12,22H,2,5-6,8,10H2,1H3,(H,30,31)(H,34,35). The SMILES string of the molecule is COC(=O)C1=C(C2CCc3nn(CCC(=O)O)cc3C2)NC(c2nccs2)=NC1c1ccc(F)c(F)c1Br. The molecule has 0 radical (unpaired) electrons. The molecule has 1 aliphatic carbocycles. The predicted molar refractivity (Wildman–Crippen MR) is 138 cm³/mol. The number of esters is 1. The number of halogens is 3. The number of allylic oxidation sites excluding steroid dienone is 1. The summed E-state index contributed by atoms with van der Waals surface area (Å²) in [6, 6.07) is 1.41. The van der Waals surface area contributed by atoms with E-state index in [2.05, 4.69) is 31.3 Å². The van der Waals surface area contributed by atoms with Gasteiger partial charge in [-0.2, -0.15) is 5.10 Å². The van der Waals surface area contributed by atoms with Gasteiger partial charge in [0, 0.05) is 29.4 Å². The molecule has 2 unspecified atom stereocenters. The molecule has 0 fully saturated rings. The highest BCUT2D eigenvalue weighted by atomic mass is 79.9. The number of nitrogens with zero attached hydrogens (tertiary/aromatic N) is 4. The highest BCUT2D eigenvalue weighted by Crippen LogP contribution is 2.41. The number of amidine groups is 1. The number of nitrogens with one attached hydrogen (secondary N) is 1. The molecule has 13 heteroatoms. The molecule has 0 spiro atoms. The molecule has 2 atom stereocenters. The topological polar surface area (TPSA) is 119 Å². The molecule has 3 aromatic rings. The van der Waals surface area contributed by atoms with Crippen molar-refractivity contribution in [1.29, 1.82) is 0 Å². The number of aryl methyl sites for hydroxylation is 2. The number of ether oxygens (including phenoxy) is 1. The van der Waals surface area contributed by atoms with Crippen molar-refractivity contribution in [3.8, 4) is 0 Å². The summed E-state index contributed by atoms with van der Waals surface area (Å²) in [4.78, 5) is 33.2. The van der Waals surface area contributed by atoms with E-state index in [0.29, 0.717) is 35.8 Å². The second kappa shape index (κ2) is 10.7. The van der Waals surface area contributed by atoms with Gasteiger partial charge in [-0.15, -0.1) is 11.3 Å². The van der Waals surface area contributed by atoms with Crippen molar-refractivity contribution in [2.24, 2.45) is 10.9 Å². The first-order chi connectivity index (χ1) is 18.3. The number of aliphatic imine (C=N–C) groups is 1. The van der Waals surface area contributed by atoms with Crippen molar-refractivity contribution in [2.75, 3.05) is 7.11 Å². The van der Waals surface area contributed by atoms with Crippen LogP contribution in [0.1, 0.15) is 40.7 Å². The van der Waals surface area contributed by atoms with Gasteiger partial charge < -0.3 is 15.2 Å². The van der Waals surface area contributed by atoms with Crippen LogP contribution in [0.25, 0.3) is 0 Å². The third-order valence-electron chi connectivity index (χ3n) is 6.56. The second-order valence-corrected chi connectivity index (χ2v) is 10.6. The number of hydrogen-bond acceptors (Lipinski definition) is 8. The van der Waals surface area contributed by atoms with Crippen LogP contribution in [0.3, 0.4) is 0 Å². The summed E-state index contributed by atoms with van der Waals surface area (Å²) < 4.78 is 35.2. The molecule has 38 heavy (non-hydrogen) atoms. The molecule has 0 saturated carbocycles. The highest BCUT2D eigenvalue weighted by Gasteiger charge is 2.38. The summed E-state index contributed by atoms with van der Waals surface area (Å²) in [5, 5.41) is 19.2. The van der Waals surface area contributed by atoms with Crippen molar-refractivity contribution >= 4 is 45.0 Å². The first-order valence-corrected chi connectivity index (χ1v) is 13.4. The number of aromatic nitrogens is 3. The van der Waals surface area contributed by atoms with Crippen molar-refractivity contribution in [2.45, 2.75) is 38.3 Å². The Labute approximate surface area is 228 Å². The van der Waals surface area contributed by atoms with Crippen LogP contribution in [0.4, 0.5) is 8.78 Å². The Kier molecular flexibility index (Phi) is 7.39. The number of fused-ring (bicyclic) bond motifs is 1. The van der Waals surface area contributed by atoms with E-state index in [0.717, 1.165) is 17.3 Å². The maximum Gasteiger partial charge on any atom is 0.338 e. The molecule has 1 aliphatic heterocycles. The van der Waals surface area contributed by atoms with Gasteiger partial charge in [-0.3, -0.25) is 14.5 Å². The molecule has 9 nitrogen and oxygen atoms in total. The first kappa shape index (κ1) is 26.2. The lowest BCUT2D eigenvalue weighted by Gasteiger charge is -2.33. The molecule has 2 aliphatic rings. The lowest BCUT2D eigenvalue weighted by molar-refractivity contribution is -0.138. The molecular weight excluding hydrogens is 584 g/mol. The molecule has 2 N–H and O–H groups in total. The number of hydrogen-bond donors (Lipinski definition) is 2. The van der Waals surface area contributed by atoms with Crippen LogP contribution >= 0.6 is 27.3 Å². The molecule has 1 aromatic carbocycles. The highest BCUT2D eigenvalue weighted by molar-refractivity contribution is 9.10. The number of aliphatic carboxylic acids is 1. The predicted octanol–water partition coefficient (Wildman–Crippen LogP) is 4.18. The minimum absolute atomic E-state index is 0.0401. The summed E-state index contributed by atoms with van der Waals surface area (Å²) in [5.41, 5.74) is 2.88. The van der Waals surface area contributed by atoms with E-state index >= 15 is 0 Å². The zero-order chi connectivity index (χ0) is 27.0. The Bertz CT molecular complexity index is 1470. The van der Waals surface area contributed by atoms with E-state index in [1.807, 2.05) is 6.20 Å². The summed E-state index contributed by atoms with van der Waals surface area (Å²) >= 11 is 4.50. The van der Waals surface area contributed by atoms with Gasteiger partial charge in [-0.25, -0.2) is 18.6 Å². The summed E-state index contributed by atoms with van der Waals surface area (Å²) in [6.45, 7) is 0.258. The fraction of sp³-hybridized carbons (Fsp3) is 0.320. The number of carbonyl (C=O) groups is 2. The Morgan fingerprint density at radius 2 is 2.16 bits per heavy atom. The summed E-state index contributed by atoms with van der Waals surface area (Å²) in [5.74, 6) is -3.41. The van der Waals surface area contributed by atoms with E-state index in [4.69, 9.17) is 14.8 Å². The quantitative estimate of drug-likeness (QED) is 0.306. The van der Waals surface area contributed by atoms with Gasteiger partial charge >= 0.3 is 11.9 Å². The van der Waals surface area contributed by atoms with Crippen LogP contribution in [0.15, 0.2) is 50.6 Å². The van der Waals surface area contributed by atoms with Gasteiger partial charge in [0.15, 0.2) is 22.5 Å². The molecule has 0 saturated heterocycles. The van der Waals surface area contributed by atoms with Gasteiger partial charge in [0.1, 0.15) is 6.04 Å². The molecule has 198 valence electrons. The van der Waals surface area contributed by atoms with Crippen LogP contribution in [0.2, 0.25) is 0 Å². The smallest absolute Gasteiger partial charge is 0.338 e. The summed E-state index contributed by atoms with van der Waals surface area (Å²) in [7, 11) is 1.26. The lowest BCUT2D eigenvalue weighted by atomic mass is 9.81. The molecule has 3 heterocycles. The Hall–Kier alpha value is -3.45. The zero-order valence-electron chi connectivity index (χ0n) is 20.1. The summed E-state index contributed by atoms with van der Waals surface area (Å²) in [6.07, 6.45) is 5.21. The fourth-order valence-electron chi connectivity index (χ4n) is 4.78. The average Bonchev–Trinajstić information content (AvgIpc) is 3.59. The second-order valence-electron chi connectivity index (χ2n) is 8.87. The van der Waals surface area contributed by atoms with Crippen molar-refractivity contribution < 1.29 is 28.2 Å². The molecule has 2 aromatic heterocycles. The van der Waals surface area contributed by atoms with Gasteiger partial charge in [-0.1, -0.05) is 6.07 Å². The number of benzene rings is 1. The van der Waals surface area contributed by atoms with Crippen LogP contribution < -0.4 is 5.32 Å².